The quantitative estimate of drug-likeness (QED) is 0.758. The van der Waals surface area contributed by atoms with Gasteiger partial charge in [0.05, 0.1) is 5.92 Å². The summed E-state index contributed by atoms with van der Waals surface area (Å²) in [5.41, 5.74) is 1.14. The number of pyridine rings is 1. The molecule has 1 fully saturated rings. The third-order valence-electron chi connectivity index (χ3n) is 2.46. The molecule has 3 heteroatoms. The first kappa shape index (κ1) is 8.23. The zero-order valence-corrected chi connectivity index (χ0v) is 7.18. The summed E-state index contributed by atoms with van der Waals surface area (Å²) >= 11 is 0. The molecule has 0 amide bonds. The third-order valence-corrected chi connectivity index (χ3v) is 2.46. The second-order valence-electron chi connectivity index (χ2n) is 3.51. The van der Waals surface area contributed by atoms with Crippen LogP contribution in [0.2, 0.25) is 0 Å². The van der Waals surface area contributed by atoms with Gasteiger partial charge in [-0.3, -0.25) is 9.78 Å². The molecule has 13 heavy (non-hydrogen) atoms. The predicted octanol–water partition coefficient (Wildman–Crippen LogP) is 1.34. The first-order valence-electron chi connectivity index (χ1n) is 4.39. The monoisotopic (exact) mass is 177 g/mol. The van der Waals surface area contributed by atoms with Crippen LogP contribution in [0.4, 0.5) is 0 Å². The van der Waals surface area contributed by atoms with Gasteiger partial charge in [-0.1, -0.05) is 6.07 Å². The van der Waals surface area contributed by atoms with Crippen LogP contribution >= 0.6 is 0 Å². The van der Waals surface area contributed by atoms with Crippen LogP contribution in [0.5, 0.6) is 0 Å². The molecule has 2 rings (SSSR count). The minimum absolute atomic E-state index is 0.111. The van der Waals surface area contributed by atoms with Crippen molar-refractivity contribution in [3.05, 3.63) is 30.1 Å². The normalized spacial score (nSPS) is 25.5. The van der Waals surface area contributed by atoms with Crippen molar-refractivity contribution < 1.29 is 9.90 Å². The van der Waals surface area contributed by atoms with E-state index in [1.165, 1.54) is 0 Å². The van der Waals surface area contributed by atoms with Gasteiger partial charge in [-0.05, 0) is 30.4 Å². The van der Waals surface area contributed by atoms with Crippen LogP contribution < -0.4 is 0 Å². The van der Waals surface area contributed by atoms with Crippen molar-refractivity contribution in [2.24, 2.45) is 11.8 Å². The van der Waals surface area contributed by atoms with Crippen molar-refractivity contribution in [1.29, 1.82) is 0 Å². The van der Waals surface area contributed by atoms with Gasteiger partial charge in [0.15, 0.2) is 0 Å². The van der Waals surface area contributed by atoms with Crippen molar-refractivity contribution in [2.45, 2.75) is 12.8 Å². The molecule has 1 aliphatic rings. The first-order chi connectivity index (χ1) is 6.27. The fourth-order valence-electron chi connectivity index (χ4n) is 1.60. The van der Waals surface area contributed by atoms with E-state index in [-0.39, 0.29) is 5.92 Å². The molecule has 0 bridgehead atoms. The van der Waals surface area contributed by atoms with Gasteiger partial charge in [-0.15, -0.1) is 0 Å². The molecule has 0 aromatic carbocycles. The van der Waals surface area contributed by atoms with Crippen molar-refractivity contribution in [1.82, 2.24) is 4.98 Å². The number of aliphatic carboxylic acids is 1. The molecule has 1 heterocycles. The van der Waals surface area contributed by atoms with Crippen molar-refractivity contribution in [2.75, 3.05) is 0 Å². The lowest BCUT2D eigenvalue weighted by Gasteiger charge is -1.96. The van der Waals surface area contributed by atoms with E-state index in [0.29, 0.717) is 5.92 Å². The maximum Gasteiger partial charge on any atom is 0.306 e. The number of hydrogen-bond acceptors (Lipinski definition) is 2. The van der Waals surface area contributed by atoms with Crippen LogP contribution in [0.1, 0.15) is 12.0 Å². The van der Waals surface area contributed by atoms with Gasteiger partial charge in [-0.25, -0.2) is 0 Å². The van der Waals surface area contributed by atoms with Crippen LogP contribution in [0, 0.1) is 11.8 Å². The molecule has 1 aromatic rings. The lowest BCUT2D eigenvalue weighted by atomic mass is 10.1. The highest BCUT2D eigenvalue weighted by molar-refractivity contribution is 5.73. The number of carboxylic acids is 1. The molecule has 0 spiro atoms. The molecule has 1 N–H and O–H groups in total. The fraction of sp³-hybridized carbons (Fsp3) is 0.400. The van der Waals surface area contributed by atoms with Crippen LogP contribution in [-0.2, 0) is 11.2 Å². The molecule has 0 aliphatic heterocycles. The van der Waals surface area contributed by atoms with Gasteiger partial charge in [0.25, 0.3) is 0 Å². The van der Waals surface area contributed by atoms with Gasteiger partial charge >= 0.3 is 5.97 Å². The van der Waals surface area contributed by atoms with Gasteiger partial charge in [0, 0.05) is 12.4 Å². The molecule has 0 radical (unpaired) electrons. The Kier molecular flexibility index (Phi) is 2.00. The van der Waals surface area contributed by atoms with Crippen molar-refractivity contribution in [3.63, 3.8) is 0 Å². The lowest BCUT2D eigenvalue weighted by Crippen LogP contribution is -2.01. The van der Waals surface area contributed by atoms with E-state index in [0.717, 1.165) is 18.4 Å². The maximum atomic E-state index is 10.5. The average molecular weight is 177 g/mol. The van der Waals surface area contributed by atoms with E-state index in [1.54, 1.807) is 12.4 Å². The molecule has 3 nitrogen and oxygen atoms in total. The zero-order chi connectivity index (χ0) is 9.26. The Morgan fingerprint density at radius 3 is 3.08 bits per heavy atom. The fourth-order valence-corrected chi connectivity index (χ4v) is 1.60. The Bertz CT molecular complexity index is 310. The summed E-state index contributed by atoms with van der Waals surface area (Å²) in [6, 6.07) is 3.87. The number of hydrogen-bond donors (Lipinski definition) is 1. The van der Waals surface area contributed by atoms with Crippen LogP contribution in [-0.4, -0.2) is 16.1 Å². The molecule has 68 valence electrons. The Balaban J connectivity index is 1.92. The van der Waals surface area contributed by atoms with E-state index in [1.807, 2.05) is 12.1 Å². The van der Waals surface area contributed by atoms with E-state index in [2.05, 4.69) is 4.98 Å². The molecular formula is C10H11NO2. The van der Waals surface area contributed by atoms with E-state index in [9.17, 15) is 4.79 Å². The summed E-state index contributed by atoms with van der Waals surface area (Å²) in [6.45, 7) is 0. The number of rotatable bonds is 3. The molecule has 1 aliphatic carbocycles. The largest absolute Gasteiger partial charge is 0.481 e. The van der Waals surface area contributed by atoms with Crippen molar-refractivity contribution in [3.8, 4) is 0 Å². The number of aromatic nitrogens is 1. The highest BCUT2D eigenvalue weighted by Crippen LogP contribution is 2.40. The van der Waals surface area contributed by atoms with E-state index in [4.69, 9.17) is 5.11 Å². The molecule has 1 aromatic heterocycles. The molecule has 0 unspecified atom stereocenters. The van der Waals surface area contributed by atoms with Crippen LogP contribution in [0.15, 0.2) is 24.5 Å². The maximum absolute atomic E-state index is 10.5. The van der Waals surface area contributed by atoms with Gasteiger partial charge in [0.2, 0.25) is 0 Å². The summed E-state index contributed by atoms with van der Waals surface area (Å²) in [5.74, 6) is -0.434. The molecule has 0 saturated heterocycles. The van der Waals surface area contributed by atoms with Crippen molar-refractivity contribution >= 4 is 5.97 Å². The highest BCUT2D eigenvalue weighted by Gasteiger charge is 2.42. The first-order valence-corrected chi connectivity index (χ1v) is 4.39. The zero-order valence-electron chi connectivity index (χ0n) is 7.18. The summed E-state index contributed by atoms with van der Waals surface area (Å²) in [4.78, 5) is 14.5. The summed E-state index contributed by atoms with van der Waals surface area (Å²) in [6.07, 6.45) is 5.21. The third kappa shape index (κ3) is 1.86. The van der Waals surface area contributed by atoms with Crippen LogP contribution in [0.3, 0.4) is 0 Å². The minimum atomic E-state index is -0.658. The highest BCUT2D eigenvalue weighted by atomic mass is 16.4. The van der Waals surface area contributed by atoms with Crippen LogP contribution in [0.25, 0.3) is 0 Å². The Hall–Kier alpha value is -1.38. The van der Waals surface area contributed by atoms with E-state index < -0.39 is 5.97 Å². The topological polar surface area (TPSA) is 50.2 Å². The molecule has 2 atom stereocenters. The molecular weight excluding hydrogens is 166 g/mol. The number of nitrogens with zero attached hydrogens (tertiary/aromatic N) is 1. The van der Waals surface area contributed by atoms with Gasteiger partial charge in [-0.2, -0.15) is 0 Å². The Morgan fingerprint density at radius 1 is 1.69 bits per heavy atom. The second kappa shape index (κ2) is 3.17. The minimum Gasteiger partial charge on any atom is -0.481 e. The Morgan fingerprint density at radius 2 is 2.54 bits per heavy atom. The van der Waals surface area contributed by atoms with Gasteiger partial charge < -0.3 is 5.11 Å². The van der Waals surface area contributed by atoms with Gasteiger partial charge in [0.1, 0.15) is 0 Å². The summed E-state index contributed by atoms with van der Waals surface area (Å²) in [7, 11) is 0. The standard InChI is InChI=1S/C10H11NO2/c12-10(13)9-5-8(9)4-7-2-1-3-11-6-7/h1-3,6,8-9H,4-5H2,(H,12,13)/t8-,9+/m1/s1. The lowest BCUT2D eigenvalue weighted by molar-refractivity contribution is -0.138. The van der Waals surface area contributed by atoms with E-state index >= 15 is 0 Å². The molecule has 1 saturated carbocycles. The Labute approximate surface area is 76.4 Å². The number of carbonyl (C=O) groups is 1. The average Bonchev–Trinajstić information content (AvgIpc) is 2.86. The summed E-state index contributed by atoms with van der Waals surface area (Å²) in [5, 5.41) is 8.69. The second-order valence-corrected chi connectivity index (χ2v) is 3.51. The number of carboxylic acid groups (broad SMARTS) is 1. The predicted molar refractivity (Wildman–Crippen MR) is 47.2 cm³/mol. The summed E-state index contributed by atoms with van der Waals surface area (Å²) < 4.78 is 0. The smallest absolute Gasteiger partial charge is 0.306 e. The SMILES string of the molecule is O=C(O)[C@H]1C[C@H]1Cc1cccnc1.